The summed E-state index contributed by atoms with van der Waals surface area (Å²) in [6, 6.07) is 12.3. The number of carbonyl (C=O) groups excluding carboxylic acids is 2. The molecule has 0 heterocycles. The molecule has 0 aliphatic rings. The Bertz CT molecular complexity index is 1080. The summed E-state index contributed by atoms with van der Waals surface area (Å²) in [7, 11) is -3.74. The molecule has 0 fully saturated rings. The van der Waals surface area contributed by atoms with Crippen LogP contribution in [0.1, 0.15) is 42.5 Å². The Balaban J connectivity index is 2.39. The van der Waals surface area contributed by atoms with Gasteiger partial charge < -0.3 is 10.2 Å². The van der Waals surface area contributed by atoms with Crippen LogP contribution in [-0.2, 0) is 26.2 Å². The van der Waals surface area contributed by atoms with Crippen LogP contribution in [0.4, 0.5) is 5.69 Å². The van der Waals surface area contributed by atoms with Gasteiger partial charge in [0.1, 0.15) is 12.6 Å². The van der Waals surface area contributed by atoms with E-state index in [-0.39, 0.29) is 19.0 Å². The first kappa shape index (κ1) is 26.4. The molecule has 33 heavy (non-hydrogen) atoms. The van der Waals surface area contributed by atoms with Crippen molar-refractivity contribution in [1.29, 1.82) is 0 Å². The van der Waals surface area contributed by atoms with Gasteiger partial charge in [0.05, 0.1) is 11.9 Å². The lowest BCUT2D eigenvalue weighted by atomic mass is 10.1. The molecule has 1 atom stereocenters. The van der Waals surface area contributed by atoms with Gasteiger partial charge in [-0.05, 0) is 51.3 Å². The fourth-order valence-corrected chi connectivity index (χ4v) is 4.46. The van der Waals surface area contributed by atoms with Crippen LogP contribution in [-0.4, -0.2) is 50.5 Å². The highest BCUT2D eigenvalue weighted by molar-refractivity contribution is 7.92. The number of benzene rings is 2. The van der Waals surface area contributed by atoms with Gasteiger partial charge in [0.25, 0.3) is 0 Å². The lowest BCUT2D eigenvalue weighted by Crippen LogP contribution is -2.51. The van der Waals surface area contributed by atoms with Crippen LogP contribution < -0.4 is 9.62 Å². The van der Waals surface area contributed by atoms with Gasteiger partial charge in [0, 0.05) is 13.1 Å². The van der Waals surface area contributed by atoms with Crippen LogP contribution in [0, 0.1) is 20.8 Å². The number of amides is 2. The molecule has 2 aromatic rings. The van der Waals surface area contributed by atoms with E-state index in [1.54, 1.807) is 13.0 Å². The molecule has 2 amide bonds. The van der Waals surface area contributed by atoms with Crippen molar-refractivity contribution in [2.45, 2.75) is 53.6 Å². The van der Waals surface area contributed by atoms with Gasteiger partial charge in [0.2, 0.25) is 21.8 Å². The van der Waals surface area contributed by atoms with Gasteiger partial charge in [-0.1, -0.05) is 54.4 Å². The van der Waals surface area contributed by atoms with Crippen molar-refractivity contribution in [2.24, 2.45) is 0 Å². The molecule has 0 saturated carbocycles. The molecule has 0 saturated heterocycles. The number of nitrogens with zero attached hydrogens (tertiary/aromatic N) is 2. The van der Waals surface area contributed by atoms with E-state index in [1.165, 1.54) is 4.90 Å². The van der Waals surface area contributed by atoms with Gasteiger partial charge in [-0.15, -0.1) is 0 Å². The first-order chi connectivity index (χ1) is 15.4. The van der Waals surface area contributed by atoms with Crippen molar-refractivity contribution in [3.05, 3.63) is 64.7 Å². The smallest absolute Gasteiger partial charge is 0.244 e. The summed E-state index contributed by atoms with van der Waals surface area (Å²) in [5.41, 5.74) is 4.16. The molecule has 0 aliphatic heterocycles. The molecule has 7 nitrogen and oxygen atoms in total. The van der Waals surface area contributed by atoms with Crippen LogP contribution >= 0.6 is 0 Å². The van der Waals surface area contributed by atoms with E-state index in [0.29, 0.717) is 12.2 Å². The zero-order valence-corrected chi connectivity index (χ0v) is 21.2. The topological polar surface area (TPSA) is 86.8 Å². The number of nitrogens with one attached hydrogen (secondary N) is 1. The zero-order chi connectivity index (χ0) is 24.8. The molecule has 0 radical (unpaired) electrons. The number of rotatable bonds is 10. The molecule has 0 unspecified atom stereocenters. The maximum atomic E-state index is 13.5. The number of hydrogen-bond donors (Lipinski definition) is 1. The Morgan fingerprint density at radius 1 is 1.00 bits per heavy atom. The van der Waals surface area contributed by atoms with Crippen LogP contribution in [0.15, 0.2) is 42.5 Å². The normalized spacial score (nSPS) is 12.2. The van der Waals surface area contributed by atoms with E-state index in [0.717, 1.165) is 39.2 Å². The van der Waals surface area contributed by atoms with Crippen molar-refractivity contribution in [1.82, 2.24) is 10.2 Å². The maximum absolute atomic E-state index is 13.5. The predicted octanol–water partition coefficient (Wildman–Crippen LogP) is 3.32. The minimum absolute atomic E-state index is 0.199. The van der Waals surface area contributed by atoms with Crippen LogP contribution in [0.2, 0.25) is 0 Å². The first-order valence-corrected chi connectivity index (χ1v) is 13.0. The first-order valence-electron chi connectivity index (χ1n) is 11.1. The molecule has 180 valence electrons. The lowest BCUT2D eigenvalue weighted by molar-refractivity contribution is -0.139. The zero-order valence-electron chi connectivity index (χ0n) is 20.4. The molecular formula is C25H35N3O4S. The number of anilines is 1. The van der Waals surface area contributed by atoms with Crippen molar-refractivity contribution < 1.29 is 18.0 Å². The SMILES string of the molecule is CCCNC(=O)[C@H](C)N(Cc1ccc(C)cc1)C(=O)CN(c1ccc(C)cc1C)S(C)(=O)=O. The van der Waals surface area contributed by atoms with Crippen molar-refractivity contribution >= 4 is 27.5 Å². The quantitative estimate of drug-likeness (QED) is 0.574. The van der Waals surface area contributed by atoms with E-state index in [2.05, 4.69) is 5.32 Å². The Kier molecular flexibility index (Phi) is 9.05. The standard InChI is InChI=1S/C25H35N3O4S/c1-7-14-26-25(30)21(5)27(16-22-11-8-18(2)9-12-22)24(29)17-28(33(6,31)32)23-13-10-19(3)15-20(23)4/h8-13,15,21H,7,14,16-17H2,1-6H3,(H,26,30)/t21-/m0/s1. The predicted molar refractivity (Wildman–Crippen MR) is 133 cm³/mol. The second-order valence-corrected chi connectivity index (χ2v) is 10.4. The van der Waals surface area contributed by atoms with Crippen molar-refractivity contribution in [3.63, 3.8) is 0 Å². The van der Waals surface area contributed by atoms with Gasteiger partial charge in [-0.25, -0.2) is 8.42 Å². The summed E-state index contributed by atoms with van der Waals surface area (Å²) in [4.78, 5) is 27.6. The minimum Gasteiger partial charge on any atom is -0.354 e. The van der Waals surface area contributed by atoms with E-state index < -0.39 is 22.0 Å². The van der Waals surface area contributed by atoms with E-state index >= 15 is 0 Å². The van der Waals surface area contributed by atoms with Crippen molar-refractivity contribution in [2.75, 3.05) is 23.7 Å². The summed E-state index contributed by atoms with van der Waals surface area (Å²) in [6.45, 7) is 9.65. The Morgan fingerprint density at radius 2 is 1.61 bits per heavy atom. The molecule has 2 rings (SSSR count). The van der Waals surface area contributed by atoms with E-state index in [1.807, 2.05) is 64.1 Å². The van der Waals surface area contributed by atoms with Crippen molar-refractivity contribution in [3.8, 4) is 0 Å². The highest BCUT2D eigenvalue weighted by Gasteiger charge is 2.30. The molecule has 0 spiro atoms. The third kappa shape index (κ3) is 7.32. The Morgan fingerprint density at radius 3 is 2.15 bits per heavy atom. The molecule has 1 N–H and O–H groups in total. The van der Waals surface area contributed by atoms with Crippen LogP contribution in [0.5, 0.6) is 0 Å². The largest absolute Gasteiger partial charge is 0.354 e. The van der Waals surface area contributed by atoms with Crippen LogP contribution in [0.25, 0.3) is 0 Å². The Hall–Kier alpha value is -2.87. The number of hydrogen-bond acceptors (Lipinski definition) is 4. The average Bonchev–Trinajstić information content (AvgIpc) is 2.74. The molecule has 0 bridgehead atoms. The van der Waals surface area contributed by atoms with Gasteiger partial charge >= 0.3 is 0 Å². The second kappa shape index (κ2) is 11.3. The third-order valence-corrected chi connectivity index (χ3v) is 6.62. The average molecular weight is 474 g/mol. The molecule has 0 aromatic heterocycles. The number of aryl methyl sites for hydroxylation is 3. The molecule has 2 aromatic carbocycles. The third-order valence-electron chi connectivity index (χ3n) is 5.49. The molecule has 0 aliphatic carbocycles. The summed E-state index contributed by atoms with van der Waals surface area (Å²) in [5.74, 6) is -0.713. The van der Waals surface area contributed by atoms with E-state index in [4.69, 9.17) is 0 Å². The van der Waals surface area contributed by atoms with Gasteiger partial charge in [-0.2, -0.15) is 0 Å². The fraction of sp³-hybridized carbons (Fsp3) is 0.440. The lowest BCUT2D eigenvalue weighted by Gasteiger charge is -2.32. The summed E-state index contributed by atoms with van der Waals surface area (Å²) < 4.78 is 26.4. The summed E-state index contributed by atoms with van der Waals surface area (Å²) >= 11 is 0. The second-order valence-electron chi connectivity index (χ2n) is 8.53. The highest BCUT2D eigenvalue weighted by atomic mass is 32.2. The summed E-state index contributed by atoms with van der Waals surface area (Å²) in [6.07, 6.45) is 1.86. The number of sulfonamides is 1. The van der Waals surface area contributed by atoms with E-state index in [9.17, 15) is 18.0 Å². The highest BCUT2D eigenvalue weighted by Crippen LogP contribution is 2.24. The fourth-order valence-electron chi connectivity index (χ4n) is 3.55. The van der Waals surface area contributed by atoms with Gasteiger partial charge in [-0.3, -0.25) is 13.9 Å². The van der Waals surface area contributed by atoms with Gasteiger partial charge in [0.15, 0.2) is 0 Å². The summed E-state index contributed by atoms with van der Waals surface area (Å²) in [5, 5.41) is 2.83. The monoisotopic (exact) mass is 473 g/mol. The maximum Gasteiger partial charge on any atom is 0.244 e. The molecule has 8 heteroatoms. The minimum atomic E-state index is -3.74. The van der Waals surface area contributed by atoms with Crippen LogP contribution in [0.3, 0.4) is 0 Å². The Labute approximate surface area is 197 Å². The number of carbonyl (C=O) groups is 2. The molecular weight excluding hydrogens is 438 g/mol.